The number of nitrogens with one attached hydrogen (secondary N) is 2. The molecule has 1 aromatic heterocycles. The molecule has 1 aliphatic heterocycles. The van der Waals surface area contributed by atoms with Gasteiger partial charge in [0.25, 0.3) is 0 Å². The summed E-state index contributed by atoms with van der Waals surface area (Å²) >= 11 is 1.61. The number of thiophene rings is 1. The van der Waals surface area contributed by atoms with Gasteiger partial charge in [-0.05, 0) is 60.0 Å². The second-order valence-electron chi connectivity index (χ2n) is 7.90. The number of anilines is 2. The molecule has 0 radical (unpaired) electrons. The molecule has 168 valence electrons. The fraction of sp³-hybridized carbons (Fsp3) is 0.320. The molecule has 1 aliphatic rings. The Labute approximate surface area is 192 Å². The minimum Gasteiger partial charge on any atom is -0.369 e. The molecule has 1 fully saturated rings. The van der Waals surface area contributed by atoms with Gasteiger partial charge in [0, 0.05) is 42.4 Å². The zero-order valence-corrected chi connectivity index (χ0v) is 19.1. The summed E-state index contributed by atoms with van der Waals surface area (Å²) in [6.07, 6.45) is 0. The van der Waals surface area contributed by atoms with Crippen molar-refractivity contribution in [3.8, 4) is 0 Å². The first-order chi connectivity index (χ1) is 15.6. The highest BCUT2D eigenvalue weighted by atomic mass is 32.1. The number of piperazine rings is 1. The van der Waals surface area contributed by atoms with Gasteiger partial charge >= 0.3 is 0 Å². The molecule has 7 heteroatoms. The molecule has 1 atom stereocenters. The summed E-state index contributed by atoms with van der Waals surface area (Å²) in [5, 5.41) is 8.28. The van der Waals surface area contributed by atoms with Crippen molar-refractivity contribution in [2.24, 2.45) is 0 Å². The van der Waals surface area contributed by atoms with E-state index in [9.17, 15) is 9.18 Å². The number of nitrogens with zero attached hydrogens (tertiary/aromatic N) is 2. The third kappa shape index (κ3) is 5.73. The van der Waals surface area contributed by atoms with Crippen molar-refractivity contribution in [1.82, 2.24) is 10.2 Å². The number of halogens is 1. The smallest absolute Gasteiger partial charge is 0.238 e. The first-order valence-corrected chi connectivity index (χ1v) is 11.9. The summed E-state index contributed by atoms with van der Waals surface area (Å²) in [6.45, 7) is 7.67. The standard InChI is InChI=1S/C25H29FN4OS/c1-2-29-13-15-30(16-14-29)22-11-9-21(10-12-22)28-24(31)18-27-25(23-4-3-17-32-23)19-5-7-20(26)8-6-19/h3-12,17,25,27H,2,13-16,18H2,1H3,(H,28,31)/t25-/m0/s1. The van der Waals surface area contributed by atoms with Crippen molar-refractivity contribution in [2.75, 3.05) is 49.5 Å². The minimum absolute atomic E-state index is 0.113. The molecule has 1 saturated heterocycles. The van der Waals surface area contributed by atoms with Crippen LogP contribution in [0.25, 0.3) is 0 Å². The van der Waals surface area contributed by atoms with E-state index in [-0.39, 0.29) is 24.3 Å². The van der Waals surface area contributed by atoms with Gasteiger partial charge in [0.1, 0.15) is 5.82 Å². The van der Waals surface area contributed by atoms with Crippen LogP contribution in [0, 0.1) is 5.82 Å². The summed E-state index contributed by atoms with van der Waals surface area (Å²) in [5.74, 6) is -0.384. The summed E-state index contributed by atoms with van der Waals surface area (Å²) < 4.78 is 13.3. The fourth-order valence-electron chi connectivity index (χ4n) is 3.97. The largest absolute Gasteiger partial charge is 0.369 e. The first kappa shape index (κ1) is 22.5. The van der Waals surface area contributed by atoms with Crippen molar-refractivity contribution in [2.45, 2.75) is 13.0 Å². The van der Waals surface area contributed by atoms with Crippen molar-refractivity contribution in [3.05, 3.63) is 82.3 Å². The molecule has 3 aromatic rings. The maximum atomic E-state index is 13.3. The summed E-state index contributed by atoms with van der Waals surface area (Å²) in [6, 6.07) is 18.3. The second-order valence-corrected chi connectivity index (χ2v) is 8.88. The van der Waals surface area contributed by atoms with Gasteiger partial charge in [-0.25, -0.2) is 4.39 Å². The van der Waals surface area contributed by atoms with Crippen LogP contribution >= 0.6 is 11.3 Å². The Morgan fingerprint density at radius 1 is 1.03 bits per heavy atom. The molecule has 2 N–H and O–H groups in total. The summed E-state index contributed by atoms with van der Waals surface area (Å²) in [5.41, 5.74) is 2.89. The second kappa shape index (κ2) is 10.7. The van der Waals surface area contributed by atoms with E-state index in [4.69, 9.17) is 0 Å². The third-order valence-electron chi connectivity index (χ3n) is 5.83. The van der Waals surface area contributed by atoms with E-state index >= 15 is 0 Å². The van der Waals surface area contributed by atoms with Crippen LogP contribution in [0.1, 0.15) is 23.4 Å². The topological polar surface area (TPSA) is 47.6 Å². The normalized spacial score (nSPS) is 15.5. The van der Waals surface area contributed by atoms with Crippen LogP contribution in [0.5, 0.6) is 0 Å². The third-order valence-corrected chi connectivity index (χ3v) is 6.77. The highest BCUT2D eigenvalue weighted by molar-refractivity contribution is 7.10. The van der Waals surface area contributed by atoms with Crippen LogP contribution in [-0.2, 0) is 4.79 Å². The van der Waals surface area contributed by atoms with Gasteiger partial charge in [0.2, 0.25) is 5.91 Å². The van der Waals surface area contributed by atoms with E-state index in [0.29, 0.717) is 0 Å². The Balaban J connectivity index is 1.33. The van der Waals surface area contributed by atoms with E-state index < -0.39 is 0 Å². The molecule has 0 bridgehead atoms. The lowest BCUT2D eigenvalue weighted by Gasteiger charge is -2.35. The molecule has 2 heterocycles. The molecule has 0 saturated carbocycles. The predicted octanol–water partition coefficient (Wildman–Crippen LogP) is 4.35. The Hall–Kier alpha value is -2.74. The molecule has 0 unspecified atom stereocenters. The molecule has 4 rings (SSSR count). The highest BCUT2D eigenvalue weighted by Gasteiger charge is 2.17. The number of carbonyl (C=O) groups is 1. The van der Waals surface area contributed by atoms with E-state index in [1.54, 1.807) is 23.5 Å². The zero-order chi connectivity index (χ0) is 22.3. The first-order valence-electron chi connectivity index (χ1n) is 11.0. The minimum atomic E-state index is -0.271. The van der Waals surface area contributed by atoms with Gasteiger partial charge in [-0.3, -0.25) is 10.1 Å². The Morgan fingerprint density at radius 2 is 1.75 bits per heavy atom. The fourth-order valence-corrected chi connectivity index (χ4v) is 4.80. The van der Waals surface area contributed by atoms with Gasteiger partial charge in [-0.1, -0.05) is 25.1 Å². The number of hydrogen-bond donors (Lipinski definition) is 2. The number of likely N-dealkylation sites (N-methyl/N-ethyl adjacent to an activating group) is 1. The van der Waals surface area contributed by atoms with Gasteiger partial charge in [-0.2, -0.15) is 0 Å². The van der Waals surface area contributed by atoms with Gasteiger partial charge < -0.3 is 15.1 Å². The SMILES string of the molecule is CCN1CCN(c2ccc(NC(=O)CN[C@@H](c3ccc(F)cc3)c3cccs3)cc2)CC1. The van der Waals surface area contributed by atoms with Crippen LogP contribution in [0.4, 0.5) is 15.8 Å². The molecule has 5 nitrogen and oxygen atoms in total. The van der Waals surface area contributed by atoms with Crippen LogP contribution in [0.3, 0.4) is 0 Å². The van der Waals surface area contributed by atoms with Crippen LogP contribution < -0.4 is 15.5 Å². The lowest BCUT2D eigenvalue weighted by Crippen LogP contribution is -2.46. The van der Waals surface area contributed by atoms with Gasteiger partial charge in [-0.15, -0.1) is 11.3 Å². The number of amides is 1. The maximum absolute atomic E-state index is 13.3. The van der Waals surface area contributed by atoms with Crippen molar-refractivity contribution >= 4 is 28.6 Å². The van der Waals surface area contributed by atoms with Crippen molar-refractivity contribution in [3.63, 3.8) is 0 Å². The molecule has 0 spiro atoms. The predicted molar refractivity (Wildman–Crippen MR) is 130 cm³/mol. The number of carbonyl (C=O) groups excluding carboxylic acids is 1. The lowest BCUT2D eigenvalue weighted by molar-refractivity contribution is -0.115. The monoisotopic (exact) mass is 452 g/mol. The number of benzene rings is 2. The maximum Gasteiger partial charge on any atom is 0.238 e. The Morgan fingerprint density at radius 3 is 2.38 bits per heavy atom. The van der Waals surface area contributed by atoms with Gasteiger partial charge in [0.05, 0.1) is 12.6 Å². The van der Waals surface area contributed by atoms with Crippen LogP contribution in [0.2, 0.25) is 0 Å². The number of hydrogen-bond acceptors (Lipinski definition) is 5. The lowest BCUT2D eigenvalue weighted by atomic mass is 10.1. The summed E-state index contributed by atoms with van der Waals surface area (Å²) in [7, 11) is 0. The molecular formula is C25H29FN4OS. The van der Waals surface area contributed by atoms with E-state index in [1.165, 1.54) is 17.8 Å². The van der Waals surface area contributed by atoms with Gasteiger partial charge in [0.15, 0.2) is 0 Å². The molecule has 32 heavy (non-hydrogen) atoms. The van der Waals surface area contributed by atoms with Crippen molar-refractivity contribution in [1.29, 1.82) is 0 Å². The van der Waals surface area contributed by atoms with Crippen molar-refractivity contribution < 1.29 is 9.18 Å². The molecule has 2 aromatic carbocycles. The van der Waals surface area contributed by atoms with E-state index in [2.05, 4.69) is 39.5 Å². The average Bonchev–Trinajstić information content (AvgIpc) is 3.36. The van der Waals surface area contributed by atoms with E-state index in [1.807, 2.05) is 29.6 Å². The Kier molecular flexibility index (Phi) is 7.52. The average molecular weight is 453 g/mol. The molecule has 0 aliphatic carbocycles. The summed E-state index contributed by atoms with van der Waals surface area (Å²) in [4.78, 5) is 18.5. The molecular weight excluding hydrogens is 423 g/mol. The van der Waals surface area contributed by atoms with Crippen LogP contribution in [0.15, 0.2) is 66.0 Å². The quantitative estimate of drug-likeness (QED) is 0.534. The van der Waals surface area contributed by atoms with E-state index in [0.717, 1.165) is 48.9 Å². The van der Waals surface area contributed by atoms with Crippen LogP contribution in [-0.4, -0.2) is 50.1 Å². The Bertz CT molecular complexity index is 984. The molecule has 1 amide bonds. The highest BCUT2D eigenvalue weighted by Crippen LogP contribution is 2.26. The zero-order valence-electron chi connectivity index (χ0n) is 18.3. The number of rotatable bonds is 8.